The monoisotopic (exact) mass is 713 g/mol. The smallest absolute Gasteiger partial charge is 0.0122 e. The van der Waals surface area contributed by atoms with Gasteiger partial charge in [-0.25, -0.2) is 0 Å². The maximum atomic E-state index is 3.97. The lowest BCUT2D eigenvalue weighted by molar-refractivity contribution is 0.0992. The minimum absolute atomic E-state index is 0.335. The van der Waals surface area contributed by atoms with Crippen molar-refractivity contribution in [3.8, 4) is 0 Å². The quantitative estimate of drug-likeness (QED) is 0.104. The molecule has 46 heavy (non-hydrogen) atoms. The van der Waals surface area contributed by atoms with Gasteiger partial charge in [-0.05, 0) is 93.3 Å². The molecule has 0 aromatic rings. The SMILES string of the molecule is CCCCC1(CCCC)CCCCC1(P)P(C1(P)CCCCC1(CCCC)CCCC)C1(P)CCCCC1(CCCC)CCCC. The third-order valence-electron chi connectivity index (χ3n) is 14.4. The third kappa shape index (κ3) is 8.50. The highest BCUT2D eigenvalue weighted by Gasteiger charge is 2.69. The highest BCUT2D eigenvalue weighted by molar-refractivity contribution is 7.79. The molecule has 0 saturated heterocycles. The van der Waals surface area contributed by atoms with Crippen molar-refractivity contribution in [1.29, 1.82) is 0 Å². The molecule has 0 radical (unpaired) electrons. The van der Waals surface area contributed by atoms with Gasteiger partial charge in [0.25, 0.3) is 0 Å². The van der Waals surface area contributed by atoms with Gasteiger partial charge in [-0.15, -0.1) is 27.7 Å². The van der Waals surface area contributed by atoms with Gasteiger partial charge < -0.3 is 0 Å². The fraction of sp³-hybridized carbons (Fsp3) is 1.00. The first-order valence-corrected chi connectivity index (χ1v) is 24.3. The molecule has 0 aromatic carbocycles. The maximum absolute atomic E-state index is 3.97. The van der Waals surface area contributed by atoms with Crippen LogP contribution in [0.4, 0.5) is 0 Å². The Morgan fingerprint density at radius 3 is 0.739 bits per heavy atom. The largest absolute Gasteiger partial charge is 0.126 e. The van der Waals surface area contributed by atoms with Gasteiger partial charge in [-0.2, -0.15) is 0 Å². The van der Waals surface area contributed by atoms with Gasteiger partial charge in [0.2, 0.25) is 0 Å². The summed E-state index contributed by atoms with van der Waals surface area (Å²) < 4.78 is 0. The van der Waals surface area contributed by atoms with Gasteiger partial charge in [0, 0.05) is 14.7 Å². The normalized spacial score (nSPS) is 31.5. The summed E-state index contributed by atoms with van der Waals surface area (Å²) in [6, 6.07) is 0. The predicted molar refractivity (Wildman–Crippen MR) is 224 cm³/mol. The molecule has 0 spiro atoms. The van der Waals surface area contributed by atoms with E-state index in [1.54, 1.807) is 0 Å². The van der Waals surface area contributed by atoms with Crippen molar-refractivity contribution in [3.05, 3.63) is 0 Å². The third-order valence-corrected chi connectivity index (χ3v) is 23.9. The zero-order valence-corrected chi connectivity index (χ0v) is 36.8. The Kier molecular flexibility index (Phi) is 17.9. The fourth-order valence-corrected chi connectivity index (χ4v) is 24.8. The molecule has 3 aliphatic carbocycles. The first kappa shape index (κ1) is 42.1. The van der Waals surface area contributed by atoms with Gasteiger partial charge in [-0.1, -0.05) is 165 Å². The van der Waals surface area contributed by atoms with Crippen LogP contribution in [0, 0.1) is 16.2 Å². The lowest BCUT2D eigenvalue weighted by Gasteiger charge is -2.73. The number of rotatable bonds is 21. The van der Waals surface area contributed by atoms with Crippen molar-refractivity contribution in [2.45, 2.75) is 249 Å². The van der Waals surface area contributed by atoms with Crippen LogP contribution < -0.4 is 0 Å². The van der Waals surface area contributed by atoms with Crippen molar-refractivity contribution in [2.24, 2.45) is 16.2 Å². The second-order valence-corrected chi connectivity index (χ2v) is 24.7. The second-order valence-electron chi connectivity index (χ2n) is 17.2. The van der Waals surface area contributed by atoms with E-state index in [0.29, 0.717) is 30.9 Å². The first-order valence-electron chi connectivity index (χ1n) is 21.3. The summed E-state index contributed by atoms with van der Waals surface area (Å²) in [6.45, 7) is 14.8. The van der Waals surface area contributed by atoms with E-state index in [0.717, 1.165) is 0 Å². The highest BCUT2D eigenvalue weighted by atomic mass is 31.2. The molecule has 0 amide bonds. The summed E-state index contributed by atoms with van der Waals surface area (Å²) in [4.78, 5) is 1.16. The summed E-state index contributed by atoms with van der Waals surface area (Å²) in [6.07, 6.45) is 43.5. The molecule has 6 unspecified atom stereocenters. The van der Waals surface area contributed by atoms with E-state index in [1.807, 2.05) is 0 Å². The molecule has 6 atom stereocenters. The molecule has 0 aromatic heterocycles. The van der Waals surface area contributed by atoms with Gasteiger partial charge >= 0.3 is 0 Å². The predicted octanol–water partition coefficient (Wildman–Crippen LogP) is 16.0. The molecule has 0 bridgehead atoms. The Labute approximate surface area is 299 Å². The Hall–Kier alpha value is 1.72. The number of hydrogen-bond acceptors (Lipinski definition) is 0. The van der Waals surface area contributed by atoms with Crippen molar-refractivity contribution in [1.82, 2.24) is 0 Å². The van der Waals surface area contributed by atoms with E-state index in [-0.39, 0.29) is 7.92 Å². The molecule has 0 aliphatic heterocycles. The summed E-state index contributed by atoms with van der Waals surface area (Å²) in [5, 5.41) is 0. The standard InChI is InChI=1S/C42H84P4/c1-7-13-25-37(26-14-8-2)31-19-22-34-40(37,43)46(41(44)35-23-20-32-38(41,27-15-9-3)28-16-10-4)42(45)36-24-21-33-39(42,29-17-11-5)30-18-12-6/h7-36,43-45H2,1-6H3. The van der Waals surface area contributed by atoms with E-state index in [4.69, 9.17) is 0 Å². The minimum atomic E-state index is -0.335. The molecule has 0 heterocycles. The topological polar surface area (TPSA) is 0 Å². The summed E-state index contributed by atoms with van der Waals surface area (Å²) >= 11 is 0. The van der Waals surface area contributed by atoms with Crippen LogP contribution in [-0.4, -0.2) is 14.7 Å². The average Bonchev–Trinajstić information content (AvgIpc) is 3.05. The zero-order chi connectivity index (χ0) is 33.8. The molecule has 3 aliphatic rings. The molecule has 272 valence electrons. The van der Waals surface area contributed by atoms with Crippen LogP contribution in [0.3, 0.4) is 0 Å². The van der Waals surface area contributed by atoms with Gasteiger partial charge in [0.05, 0.1) is 0 Å². The van der Waals surface area contributed by atoms with E-state index < -0.39 is 0 Å². The molecule has 3 fully saturated rings. The number of unbranched alkanes of at least 4 members (excludes halogenated alkanes) is 6. The first-order chi connectivity index (χ1) is 22.1. The van der Waals surface area contributed by atoms with Crippen LogP contribution in [0.2, 0.25) is 0 Å². The van der Waals surface area contributed by atoms with E-state index in [2.05, 4.69) is 69.3 Å². The molecule has 3 rings (SSSR count). The summed E-state index contributed by atoms with van der Waals surface area (Å²) in [7, 11) is 11.6. The van der Waals surface area contributed by atoms with E-state index >= 15 is 0 Å². The molecular formula is C42H84P4. The Bertz CT molecular complexity index is 723. The molecule has 4 heteroatoms. The van der Waals surface area contributed by atoms with Crippen LogP contribution in [0.15, 0.2) is 0 Å². The van der Waals surface area contributed by atoms with Crippen molar-refractivity contribution in [2.75, 3.05) is 0 Å². The van der Waals surface area contributed by atoms with Crippen molar-refractivity contribution < 1.29 is 0 Å². The Balaban J connectivity index is 2.44. The zero-order valence-electron chi connectivity index (χ0n) is 32.4. The van der Waals surface area contributed by atoms with Crippen LogP contribution in [-0.2, 0) is 0 Å². The summed E-state index contributed by atoms with van der Waals surface area (Å²) in [5.74, 6) is 0. The van der Waals surface area contributed by atoms with E-state index in [9.17, 15) is 0 Å². The minimum Gasteiger partial charge on any atom is -0.126 e. The summed E-state index contributed by atoms with van der Waals surface area (Å²) in [5.41, 5.74) is 1.49. The van der Waals surface area contributed by atoms with Crippen LogP contribution in [0.5, 0.6) is 0 Å². The molecule has 0 nitrogen and oxygen atoms in total. The Morgan fingerprint density at radius 2 is 0.543 bits per heavy atom. The van der Waals surface area contributed by atoms with Gasteiger partial charge in [0.1, 0.15) is 0 Å². The van der Waals surface area contributed by atoms with Crippen LogP contribution in [0.1, 0.15) is 234 Å². The highest BCUT2D eigenvalue weighted by Crippen LogP contribution is 2.90. The van der Waals surface area contributed by atoms with Crippen LogP contribution >= 0.6 is 35.6 Å². The lowest BCUT2D eigenvalue weighted by atomic mass is 9.66. The molecule has 3 saturated carbocycles. The molecule has 0 N–H and O–H groups in total. The number of hydrogen-bond donors (Lipinski definition) is 0. The second kappa shape index (κ2) is 19.5. The molecular weight excluding hydrogens is 628 g/mol. The fourth-order valence-electron chi connectivity index (χ4n) is 11.6. The van der Waals surface area contributed by atoms with Crippen molar-refractivity contribution in [3.63, 3.8) is 0 Å². The average molecular weight is 713 g/mol. The Morgan fingerprint density at radius 1 is 0.348 bits per heavy atom. The van der Waals surface area contributed by atoms with Gasteiger partial charge in [0.15, 0.2) is 0 Å². The maximum Gasteiger partial charge on any atom is 0.0122 e. The van der Waals surface area contributed by atoms with Crippen LogP contribution in [0.25, 0.3) is 0 Å². The lowest BCUT2D eigenvalue weighted by Crippen LogP contribution is -2.60. The van der Waals surface area contributed by atoms with E-state index in [1.165, 1.54) is 193 Å². The van der Waals surface area contributed by atoms with Crippen molar-refractivity contribution >= 4 is 35.6 Å². The van der Waals surface area contributed by atoms with Gasteiger partial charge in [-0.3, -0.25) is 0 Å².